The van der Waals surface area contributed by atoms with Gasteiger partial charge < -0.3 is 20.1 Å². The van der Waals surface area contributed by atoms with Crippen LogP contribution in [0.15, 0.2) is 89.3 Å². The third kappa shape index (κ3) is 5.87. The van der Waals surface area contributed by atoms with Crippen LogP contribution in [-0.2, 0) is 16.2 Å². The van der Waals surface area contributed by atoms with Gasteiger partial charge in [0.1, 0.15) is 18.2 Å². The average molecular weight is 559 g/mol. The minimum atomic E-state index is -0.895. The Morgan fingerprint density at radius 2 is 1.78 bits per heavy atom. The van der Waals surface area contributed by atoms with E-state index in [1.54, 1.807) is 19.1 Å². The molecule has 1 atom stereocenters. The largest absolute Gasteiger partial charge is 0.493 e. The molecule has 1 aliphatic heterocycles. The molecule has 0 saturated heterocycles. The predicted molar refractivity (Wildman–Crippen MR) is 152 cm³/mol. The first kappa shape index (κ1) is 28.1. The molecule has 0 aromatic heterocycles. The molecule has 0 bridgehead atoms. The number of halogens is 2. The van der Waals surface area contributed by atoms with Crippen molar-refractivity contribution in [1.82, 2.24) is 5.32 Å². The second-order valence-electron chi connectivity index (χ2n) is 11.2. The Morgan fingerprint density at radius 1 is 1.02 bits per heavy atom. The van der Waals surface area contributed by atoms with Crippen LogP contribution in [0.25, 0.3) is 0 Å². The van der Waals surface area contributed by atoms with E-state index in [1.165, 1.54) is 13.2 Å². The highest BCUT2D eigenvalue weighted by Crippen LogP contribution is 2.48. The number of rotatable bonds is 7. The van der Waals surface area contributed by atoms with Gasteiger partial charge in [0.25, 0.3) is 5.91 Å². The maximum absolute atomic E-state index is 14.5. The van der Waals surface area contributed by atoms with Crippen LogP contribution >= 0.6 is 0 Å². The number of allylic oxidation sites excluding steroid dienone is 3. The van der Waals surface area contributed by atoms with Gasteiger partial charge in [0.2, 0.25) is 0 Å². The molecule has 2 aliphatic rings. The summed E-state index contributed by atoms with van der Waals surface area (Å²) >= 11 is 0. The van der Waals surface area contributed by atoms with E-state index in [0.717, 1.165) is 17.3 Å². The number of amides is 1. The first-order valence-corrected chi connectivity index (χ1v) is 13.4. The van der Waals surface area contributed by atoms with Gasteiger partial charge in [-0.1, -0.05) is 50.2 Å². The Kier molecular flexibility index (Phi) is 7.67. The quantitative estimate of drug-likeness (QED) is 0.334. The Hall–Kier alpha value is -4.46. The van der Waals surface area contributed by atoms with Crippen molar-refractivity contribution in [3.05, 3.63) is 112 Å². The molecule has 3 aromatic rings. The first-order valence-electron chi connectivity index (χ1n) is 13.4. The zero-order chi connectivity index (χ0) is 29.3. The molecule has 212 valence electrons. The van der Waals surface area contributed by atoms with Gasteiger partial charge in [-0.15, -0.1) is 0 Å². The molecule has 2 N–H and O–H groups in total. The second kappa shape index (κ2) is 11.2. The summed E-state index contributed by atoms with van der Waals surface area (Å²) in [7, 11) is 1.53. The van der Waals surface area contributed by atoms with Gasteiger partial charge in [0.05, 0.1) is 12.8 Å². The number of anilines is 1. The molecule has 0 saturated carbocycles. The Bertz CT molecular complexity index is 1580. The molecular weight excluding hydrogens is 526 g/mol. The minimum Gasteiger partial charge on any atom is -0.493 e. The number of ketones is 1. The lowest BCUT2D eigenvalue weighted by Crippen LogP contribution is -2.39. The fourth-order valence-corrected chi connectivity index (χ4v) is 5.57. The van der Waals surface area contributed by atoms with Crippen molar-refractivity contribution in [2.24, 2.45) is 5.41 Å². The molecule has 0 radical (unpaired) electrons. The van der Waals surface area contributed by atoms with Crippen LogP contribution in [0.2, 0.25) is 0 Å². The molecule has 8 heteroatoms. The van der Waals surface area contributed by atoms with Crippen molar-refractivity contribution in [2.75, 3.05) is 12.4 Å². The van der Waals surface area contributed by atoms with Gasteiger partial charge in [0.15, 0.2) is 17.3 Å². The number of carbonyl (C=O) groups excluding carboxylic acids is 2. The van der Waals surface area contributed by atoms with Crippen LogP contribution in [0, 0.1) is 17.0 Å². The van der Waals surface area contributed by atoms with E-state index >= 15 is 0 Å². The highest BCUT2D eigenvalue weighted by molar-refractivity contribution is 6.10. The summed E-state index contributed by atoms with van der Waals surface area (Å²) in [5.74, 6) is -2.09. The smallest absolute Gasteiger partial charge is 0.254 e. The van der Waals surface area contributed by atoms with Gasteiger partial charge in [-0.2, -0.15) is 0 Å². The van der Waals surface area contributed by atoms with Gasteiger partial charge in [-0.25, -0.2) is 8.78 Å². The molecular formula is C33H32F2N2O4. The van der Waals surface area contributed by atoms with Gasteiger partial charge >= 0.3 is 0 Å². The number of dihydropyridines is 1. The van der Waals surface area contributed by atoms with Crippen LogP contribution in [0.1, 0.15) is 50.7 Å². The molecule has 0 unspecified atom stereocenters. The van der Waals surface area contributed by atoms with Crippen LogP contribution in [-0.4, -0.2) is 18.8 Å². The summed E-state index contributed by atoms with van der Waals surface area (Å²) in [5, 5.41) is 5.86. The van der Waals surface area contributed by atoms with Crippen LogP contribution in [0.5, 0.6) is 11.5 Å². The van der Waals surface area contributed by atoms with Crippen molar-refractivity contribution in [1.29, 1.82) is 0 Å². The normalized spacial score (nSPS) is 18.0. The van der Waals surface area contributed by atoms with Crippen molar-refractivity contribution in [3.63, 3.8) is 0 Å². The van der Waals surface area contributed by atoms with Gasteiger partial charge in [-0.05, 0) is 54.2 Å². The average Bonchev–Trinajstić information content (AvgIpc) is 2.92. The van der Waals surface area contributed by atoms with E-state index in [2.05, 4.69) is 10.6 Å². The lowest BCUT2D eigenvalue weighted by Gasteiger charge is -2.39. The summed E-state index contributed by atoms with van der Waals surface area (Å²) in [6.45, 7) is 6.16. The zero-order valence-electron chi connectivity index (χ0n) is 23.4. The Balaban J connectivity index is 1.55. The number of nitrogens with one attached hydrogen (secondary N) is 2. The van der Waals surface area contributed by atoms with E-state index in [9.17, 15) is 18.4 Å². The maximum atomic E-state index is 14.5. The predicted octanol–water partition coefficient (Wildman–Crippen LogP) is 6.80. The number of ether oxygens (including phenoxy) is 2. The van der Waals surface area contributed by atoms with Crippen LogP contribution in [0.4, 0.5) is 14.5 Å². The number of hydrogen-bond acceptors (Lipinski definition) is 5. The highest BCUT2D eigenvalue weighted by atomic mass is 19.1. The number of Topliss-reactive ketones (excluding diaryl/α,β-unsaturated/α-hetero) is 1. The third-order valence-electron chi connectivity index (χ3n) is 7.42. The number of hydrogen-bond donors (Lipinski definition) is 2. The Morgan fingerprint density at radius 3 is 2.49 bits per heavy atom. The monoisotopic (exact) mass is 558 g/mol. The maximum Gasteiger partial charge on any atom is 0.254 e. The van der Waals surface area contributed by atoms with Crippen LogP contribution < -0.4 is 20.1 Å². The van der Waals surface area contributed by atoms with Gasteiger partial charge in [0, 0.05) is 40.9 Å². The lowest BCUT2D eigenvalue weighted by molar-refractivity contribution is -0.118. The molecule has 1 heterocycles. The molecule has 0 fully saturated rings. The van der Waals surface area contributed by atoms with E-state index in [0.29, 0.717) is 53.8 Å². The SMILES string of the molecule is COc1cc([C@@H]2C(C(=O)Nc3ccc(F)cc3F)=C(C)NC3=C2C(=O)CC(C)(C)C3)ccc1OCc1ccccc1. The highest BCUT2D eigenvalue weighted by Gasteiger charge is 2.43. The third-order valence-corrected chi connectivity index (χ3v) is 7.42. The molecule has 6 nitrogen and oxygen atoms in total. The summed E-state index contributed by atoms with van der Waals surface area (Å²) in [5.41, 5.74) is 3.31. The first-order chi connectivity index (χ1) is 19.6. The summed E-state index contributed by atoms with van der Waals surface area (Å²) < 4.78 is 39.7. The molecule has 1 aliphatic carbocycles. The minimum absolute atomic E-state index is 0.0668. The molecule has 0 spiro atoms. The van der Waals surface area contributed by atoms with Crippen molar-refractivity contribution in [2.45, 2.75) is 46.1 Å². The molecule has 5 rings (SSSR count). The van der Waals surface area contributed by atoms with E-state index in [-0.39, 0.29) is 22.5 Å². The van der Waals surface area contributed by atoms with E-state index in [4.69, 9.17) is 9.47 Å². The molecule has 1 amide bonds. The topological polar surface area (TPSA) is 76.7 Å². The molecule has 3 aromatic carbocycles. The standard InChI is InChI=1S/C33H32F2N2O4/c1-19-29(32(39)37-24-12-11-22(34)15-23(24)35)30(31-25(36-19)16-33(2,3)17-26(31)38)21-10-13-27(28(14-21)40-4)41-18-20-8-6-5-7-9-20/h5-15,30,36H,16-18H2,1-4H3,(H,37,39)/t30-/m1/s1. The fraction of sp³-hybridized carbons (Fsp3) is 0.273. The Labute approximate surface area is 238 Å². The lowest BCUT2D eigenvalue weighted by atomic mass is 9.68. The van der Waals surface area contributed by atoms with Gasteiger partial charge in [-0.3, -0.25) is 9.59 Å². The summed E-state index contributed by atoms with van der Waals surface area (Å²) in [4.78, 5) is 27.4. The summed E-state index contributed by atoms with van der Waals surface area (Å²) in [6.07, 6.45) is 0.943. The van der Waals surface area contributed by atoms with E-state index in [1.807, 2.05) is 50.2 Å². The zero-order valence-corrected chi connectivity index (χ0v) is 23.4. The summed E-state index contributed by atoms with van der Waals surface area (Å²) in [6, 6.07) is 18.0. The fourth-order valence-electron chi connectivity index (χ4n) is 5.57. The number of carbonyl (C=O) groups is 2. The molecule has 41 heavy (non-hydrogen) atoms. The van der Waals surface area contributed by atoms with E-state index < -0.39 is 23.5 Å². The van der Waals surface area contributed by atoms with Crippen molar-refractivity contribution in [3.8, 4) is 11.5 Å². The number of methoxy groups -OCH3 is 1. The van der Waals surface area contributed by atoms with Crippen molar-refractivity contribution >= 4 is 17.4 Å². The number of benzene rings is 3. The van der Waals surface area contributed by atoms with Crippen LogP contribution in [0.3, 0.4) is 0 Å². The second-order valence-corrected chi connectivity index (χ2v) is 11.2. The van der Waals surface area contributed by atoms with Crippen molar-refractivity contribution < 1.29 is 27.8 Å².